The average Bonchev–Trinajstić information content (AvgIpc) is 2.87. The third-order valence-electron chi connectivity index (χ3n) is 3.61. The molecule has 0 N–H and O–H groups in total. The molecule has 8 nitrogen and oxygen atoms in total. The lowest BCUT2D eigenvalue weighted by atomic mass is 10.2. The van der Waals surface area contributed by atoms with E-state index in [4.69, 9.17) is 4.74 Å². The zero-order chi connectivity index (χ0) is 28.6. The topological polar surface area (TPSA) is 105 Å². The third kappa shape index (κ3) is 40.9. The van der Waals surface area contributed by atoms with E-state index in [9.17, 15) is 19.2 Å². The number of hydrogen-bond donors (Lipinski definition) is 0. The largest absolute Gasteiger partial charge is 0.463 e. The van der Waals surface area contributed by atoms with Gasteiger partial charge in [0, 0.05) is 24.6 Å². The van der Waals surface area contributed by atoms with Crippen LogP contribution in [0, 0.1) is 0 Å². The summed E-state index contributed by atoms with van der Waals surface area (Å²) in [6.07, 6.45) is 12.1. The molecule has 0 heterocycles. The maximum atomic E-state index is 11.1. The van der Waals surface area contributed by atoms with Gasteiger partial charge in [0.15, 0.2) is 0 Å². The minimum absolute atomic E-state index is 0.237. The van der Waals surface area contributed by atoms with E-state index in [2.05, 4.69) is 54.0 Å². The minimum Gasteiger partial charge on any atom is -0.463 e. The Morgan fingerprint density at radius 1 is 0.722 bits per heavy atom. The highest BCUT2D eigenvalue weighted by atomic mass is 16.5. The Morgan fingerprint density at radius 3 is 1.64 bits per heavy atom. The molecule has 0 rings (SSSR count). The van der Waals surface area contributed by atoms with Gasteiger partial charge >= 0.3 is 23.9 Å². The highest BCUT2D eigenvalue weighted by Gasteiger charge is 2.04. The molecular weight excluding hydrogens is 464 g/mol. The number of carbonyl (C=O) groups excluding carboxylic acids is 4. The molecule has 36 heavy (non-hydrogen) atoms. The average molecular weight is 511 g/mol. The van der Waals surface area contributed by atoms with E-state index in [1.807, 2.05) is 13.8 Å². The molecule has 0 aliphatic carbocycles. The van der Waals surface area contributed by atoms with Crippen molar-refractivity contribution in [3.8, 4) is 0 Å². The van der Waals surface area contributed by atoms with Crippen LogP contribution < -0.4 is 0 Å². The van der Waals surface area contributed by atoms with Crippen LogP contribution >= 0.6 is 0 Å². The van der Waals surface area contributed by atoms with E-state index < -0.39 is 5.97 Å². The van der Waals surface area contributed by atoms with Crippen LogP contribution in [0.1, 0.15) is 72.6 Å². The standard InChI is InChI=1S/C11H20O2.C7H12O2.C6H8O2.C4H6O2/c1-4-6-7-8-9-13-11(12)10(3)5-2;1-3-5-6-9-7(8)4-2;1-3-5-8-6(7)4-2;1-3-6-4(2)5/h3-9H2,1-2H3;4H,2-3,5-6H2,1H3;3-4H,1-2,5H2;3H,1H2,2H3. The van der Waals surface area contributed by atoms with Crippen LogP contribution in [0.4, 0.5) is 0 Å². The highest BCUT2D eigenvalue weighted by molar-refractivity contribution is 5.87. The Morgan fingerprint density at radius 2 is 1.25 bits per heavy atom. The number of esters is 4. The molecule has 0 amide bonds. The van der Waals surface area contributed by atoms with E-state index in [-0.39, 0.29) is 24.5 Å². The Hall–Kier alpha value is -3.42. The monoisotopic (exact) mass is 510 g/mol. The van der Waals surface area contributed by atoms with Crippen LogP contribution in [0.5, 0.6) is 0 Å². The Kier molecular flexibility index (Phi) is 37.3. The van der Waals surface area contributed by atoms with Crippen molar-refractivity contribution in [2.75, 3.05) is 19.8 Å². The first-order chi connectivity index (χ1) is 17.1. The zero-order valence-electron chi connectivity index (χ0n) is 22.7. The van der Waals surface area contributed by atoms with Crippen LogP contribution in [0.15, 0.2) is 63.0 Å². The van der Waals surface area contributed by atoms with Crippen LogP contribution in [0.2, 0.25) is 0 Å². The van der Waals surface area contributed by atoms with E-state index >= 15 is 0 Å². The molecule has 0 aromatic heterocycles. The molecule has 206 valence electrons. The number of unbranched alkanes of at least 4 members (excludes halogenated alkanes) is 4. The van der Waals surface area contributed by atoms with Gasteiger partial charge in [0.2, 0.25) is 0 Å². The summed E-state index contributed by atoms with van der Waals surface area (Å²) >= 11 is 0. The van der Waals surface area contributed by atoms with Gasteiger partial charge in [-0.15, -0.1) is 0 Å². The number of rotatable bonds is 15. The molecule has 0 atom stereocenters. The third-order valence-corrected chi connectivity index (χ3v) is 3.61. The highest BCUT2D eigenvalue weighted by Crippen LogP contribution is 2.03. The van der Waals surface area contributed by atoms with Gasteiger partial charge in [-0.3, -0.25) is 4.79 Å². The minimum atomic E-state index is -0.412. The number of ether oxygens (including phenoxy) is 4. The number of hydrogen-bond acceptors (Lipinski definition) is 8. The lowest BCUT2D eigenvalue weighted by Gasteiger charge is -2.04. The first-order valence-electron chi connectivity index (χ1n) is 11.9. The quantitative estimate of drug-likeness (QED) is 0.0641. The molecule has 0 aromatic rings. The molecule has 0 saturated heterocycles. The van der Waals surface area contributed by atoms with Crippen molar-refractivity contribution in [1.82, 2.24) is 0 Å². The van der Waals surface area contributed by atoms with Gasteiger partial charge < -0.3 is 18.9 Å². The fraction of sp³-hybridized carbons (Fsp3) is 0.500. The molecule has 0 unspecified atom stereocenters. The Labute approximate surface area is 217 Å². The lowest BCUT2D eigenvalue weighted by molar-refractivity contribution is -0.139. The van der Waals surface area contributed by atoms with E-state index in [1.54, 1.807) is 0 Å². The van der Waals surface area contributed by atoms with E-state index in [0.717, 1.165) is 38.0 Å². The van der Waals surface area contributed by atoms with Crippen molar-refractivity contribution >= 4 is 23.9 Å². The lowest BCUT2D eigenvalue weighted by Crippen LogP contribution is -2.07. The van der Waals surface area contributed by atoms with Gasteiger partial charge in [-0.2, -0.15) is 0 Å². The van der Waals surface area contributed by atoms with Crippen molar-refractivity contribution < 1.29 is 38.1 Å². The molecule has 0 spiro atoms. The van der Waals surface area contributed by atoms with Crippen molar-refractivity contribution in [3.63, 3.8) is 0 Å². The van der Waals surface area contributed by atoms with Crippen molar-refractivity contribution in [1.29, 1.82) is 0 Å². The second kappa shape index (κ2) is 33.8. The van der Waals surface area contributed by atoms with Gasteiger partial charge in [-0.05, 0) is 19.3 Å². The molecule has 8 heteroatoms. The molecule has 0 aromatic carbocycles. The van der Waals surface area contributed by atoms with Crippen molar-refractivity contribution in [2.24, 2.45) is 0 Å². The number of carbonyl (C=O) groups is 4. The van der Waals surface area contributed by atoms with Crippen LogP contribution in [-0.2, 0) is 38.1 Å². The summed E-state index contributed by atoms with van der Waals surface area (Å²) < 4.78 is 18.3. The molecule has 0 saturated carbocycles. The SMILES string of the molecule is C=C(CC)C(=O)OCCCCCC.C=CC(=O)OCCCC.C=CCOC(=O)C=C.C=COC(C)=O. The summed E-state index contributed by atoms with van der Waals surface area (Å²) in [5, 5.41) is 0. The summed E-state index contributed by atoms with van der Waals surface area (Å²) in [6, 6.07) is 0. The summed E-state index contributed by atoms with van der Waals surface area (Å²) in [5.41, 5.74) is 0.565. The van der Waals surface area contributed by atoms with Crippen LogP contribution in [0.3, 0.4) is 0 Å². The maximum Gasteiger partial charge on any atom is 0.333 e. The zero-order valence-corrected chi connectivity index (χ0v) is 22.7. The molecule has 0 bridgehead atoms. The summed E-state index contributed by atoms with van der Waals surface area (Å²) in [7, 11) is 0. The molecule has 0 aliphatic rings. The smallest absolute Gasteiger partial charge is 0.333 e. The Balaban J connectivity index is -0.000000198. The van der Waals surface area contributed by atoms with E-state index in [1.165, 1.54) is 31.9 Å². The molecule has 0 aliphatic heterocycles. The molecule has 0 fully saturated rings. The maximum absolute atomic E-state index is 11.1. The second-order valence-electron chi connectivity index (χ2n) is 6.78. The summed E-state index contributed by atoms with van der Waals surface area (Å²) in [4.78, 5) is 41.4. The van der Waals surface area contributed by atoms with Crippen molar-refractivity contribution in [2.45, 2.75) is 72.6 Å². The van der Waals surface area contributed by atoms with E-state index in [0.29, 0.717) is 25.2 Å². The normalized spacial score (nSPS) is 8.44. The first-order valence-corrected chi connectivity index (χ1v) is 11.9. The van der Waals surface area contributed by atoms with Crippen LogP contribution in [-0.4, -0.2) is 43.7 Å². The second-order valence-corrected chi connectivity index (χ2v) is 6.78. The van der Waals surface area contributed by atoms with Gasteiger partial charge in [-0.25, -0.2) is 14.4 Å². The first kappa shape index (κ1) is 39.8. The fourth-order valence-electron chi connectivity index (χ4n) is 1.63. The molecular formula is C28H46O8. The summed E-state index contributed by atoms with van der Waals surface area (Å²) in [5.74, 6) is -1.31. The van der Waals surface area contributed by atoms with Crippen molar-refractivity contribution in [3.05, 3.63) is 63.0 Å². The van der Waals surface area contributed by atoms with Gasteiger partial charge in [0.25, 0.3) is 0 Å². The van der Waals surface area contributed by atoms with Gasteiger partial charge in [0.05, 0.1) is 19.5 Å². The fourth-order valence-corrected chi connectivity index (χ4v) is 1.63. The predicted octanol–water partition coefficient (Wildman–Crippen LogP) is 6.19. The van der Waals surface area contributed by atoms with Gasteiger partial charge in [-0.1, -0.05) is 85.4 Å². The summed E-state index contributed by atoms with van der Waals surface area (Å²) in [6.45, 7) is 25.3. The van der Waals surface area contributed by atoms with Crippen LogP contribution in [0.25, 0.3) is 0 Å². The molecule has 0 radical (unpaired) electrons. The predicted molar refractivity (Wildman–Crippen MR) is 144 cm³/mol. The van der Waals surface area contributed by atoms with Gasteiger partial charge in [0.1, 0.15) is 6.61 Å². The Bertz CT molecular complexity index is 650.